The minimum atomic E-state index is -0.667. The third-order valence-corrected chi connectivity index (χ3v) is 2.39. The smallest absolute Gasteiger partial charge is 0.112 e. The second-order valence-corrected chi connectivity index (χ2v) is 3.02. The average molecular weight is 183 g/mol. The molecule has 0 spiro atoms. The second-order valence-electron chi connectivity index (χ2n) is 1.85. The van der Waals surface area contributed by atoms with Crippen LogP contribution in [0.25, 0.3) is 0 Å². The molecule has 0 bridgehead atoms. The molecule has 0 saturated heterocycles. The fraction of sp³-hybridized carbons (Fsp3) is 1.00. The average Bonchev–Trinajstić information content (AvgIpc) is 1.84. The summed E-state index contributed by atoms with van der Waals surface area (Å²) in [5, 5.41) is 0. The number of halogens is 2. The van der Waals surface area contributed by atoms with Crippen molar-refractivity contribution >= 4 is 15.9 Å². The molecule has 0 aliphatic heterocycles. The number of hydrogen-bond acceptors (Lipinski definition) is 0. The minimum absolute atomic E-state index is 0.0625. The molecule has 2 heteroatoms. The maximum atomic E-state index is 12.5. The van der Waals surface area contributed by atoms with Crippen LogP contribution in [0.5, 0.6) is 0 Å². The molecule has 50 valence electrons. The van der Waals surface area contributed by atoms with Crippen LogP contribution in [0.15, 0.2) is 0 Å². The number of rotatable bonds is 3. The lowest BCUT2D eigenvalue weighted by atomic mass is 10.2. The summed E-state index contributed by atoms with van der Waals surface area (Å²) in [7, 11) is 0. The third kappa shape index (κ3) is 2.65. The van der Waals surface area contributed by atoms with Gasteiger partial charge in [0.1, 0.15) is 6.17 Å². The quantitative estimate of drug-likeness (QED) is 0.590. The molecule has 0 nitrogen and oxygen atoms in total. The number of hydrogen-bond donors (Lipinski definition) is 0. The molecule has 0 aromatic carbocycles. The summed E-state index contributed by atoms with van der Waals surface area (Å²) in [6, 6.07) is 0. The molecule has 0 aliphatic rings. The summed E-state index contributed by atoms with van der Waals surface area (Å²) in [5.74, 6) is 0. The fourth-order valence-electron chi connectivity index (χ4n) is 0.512. The Bertz CT molecular complexity index is 48.5. The van der Waals surface area contributed by atoms with Gasteiger partial charge in [-0.05, 0) is 12.8 Å². The summed E-state index contributed by atoms with van der Waals surface area (Å²) in [6.45, 7) is 3.83. The molecule has 8 heavy (non-hydrogen) atoms. The van der Waals surface area contributed by atoms with Crippen LogP contribution in [0.3, 0.4) is 0 Å². The maximum Gasteiger partial charge on any atom is 0.112 e. The van der Waals surface area contributed by atoms with Crippen molar-refractivity contribution < 1.29 is 4.39 Å². The molecule has 0 N–H and O–H groups in total. The van der Waals surface area contributed by atoms with Gasteiger partial charge < -0.3 is 0 Å². The summed E-state index contributed by atoms with van der Waals surface area (Å²) >= 11 is 3.23. The molecule has 0 aromatic rings. The highest BCUT2D eigenvalue weighted by molar-refractivity contribution is 9.09. The lowest BCUT2D eigenvalue weighted by Crippen LogP contribution is -2.12. The van der Waals surface area contributed by atoms with Crippen molar-refractivity contribution in [2.75, 3.05) is 0 Å². The van der Waals surface area contributed by atoms with Gasteiger partial charge in [0.25, 0.3) is 0 Å². The van der Waals surface area contributed by atoms with E-state index in [1.165, 1.54) is 0 Å². The van der Waals surface area contributed by atoms with Crippen LogP contribution in [0.2, 0.25) is 0 Å². The Hall–Kier alpha value is 0.410. The lowest BCUT2D eigenvalue weighted by molar-refractivity contribution is 0.315. The van der Waals surface area contributed by atoms with Gasteiger partial charge in [0, 0.05) is 4.83 Å². The van der Waals surface area contributed by atoms with Crippen LogP contribution in [0.4, 0.5) is 4.39 Å². The van der Waals surface area contributed by atoms with Crippen LogP contribution in [0, 0.1) is 0 Å². The van der Waals surface area contributed by atoms with Gasteiger partial charge in [-0.25, -0.2) is 4.39 Å². The number of alkyl halides is 2. The molecule has 0 saturated carbocycles. The van der Waals surface area contributed by atoms with Crippen molar-refractivity contribution in [1.82, 2.24) is 0 Å². The molecule has 0 heterocycles. The van der Waals surface area contributed by atoms with Gasteiger partial charge in [-0.2, -0.15) is 0 Å². The van der Waals surface area contributed by atoms with Gasteiger partial charge in [0.2, 0.25) is 0 Å². The molecule has 0 aromatic heterocycles. The van der Waals surface area contributed by atoms with Crippen molar-refractivity contribution in [2.45, 2.75) is 37.7 Å². The van der Waals surface area contributed by atoms with E-state index in [1.54, 1.807) is 0 Å². The third-order valence-electron chi connectivity index (χ3n) is 1.17. The standard InChI is InChI=1S/C6H12BrF/c1-3-5(7)6(8)4-2/h5-6H,3-4H2,1-2H3/t5-,6+/m1/s1. The van der Waals surface area contributed by atoms with E-state index in [0.29, 0.717) is 6.42 Å². The molecular formula is C6H12BrF. The molecular weight excluding hydrogens is 171 g/mol. The Morgan fingerprint density at radius 2 is 1.88 bits per heavy atom. The van der Waals surface area contributed by atoms with E-state index < -0.39 is 6.17 Å². The normalized spacial score (nSPS) is 18.0. The Kier molecular flexibility index (Phi) is 4.53. The SMILES string of the molecule is CC[C@@H](Br)[C@@H](F)CC. The van der Waals surface area contributed by atoms with E-state index in [0.717, 1.165) is 6.42 Å². The van der Waals surface area contributed by atoms with Crippen LogP contribution >= 0.6 is 15.9 Å². The van der Waals surface area contributed by atoms with Crippen LogP contribution < -0.4 is 0 Å². The van der Waals surface area contributed by atoms with E-state index in [2.05, 4.69) is 15.9 Å². The zero-order valence-electron chi connectivity index (χ0n) is 5.32. The van der Waals surface area contributed by atoms with E-state index in [9.17, 15) is 4.39 Å². The Balaban J connectivity index is 3.29. The predicted octanol–water partition coefficient (Wildman–Crippen LogP) is 2.91. The van der Waals surface area contributed by atoms with E-state index >= 15 is 0 Å². The fourth-order valence-corrected chi connectivity index (χ4v) is 0.885. The Morgan fingerprint density at radius 1 is 1.38 bits per heavy atom. The van der Waals surface area contributed by atoms with Crippen LogP contribution in [-0.2, 0) is 0 Å². The van der Waals surface area contributed by atoms with Gasteiger partial charge in [0.05, 0.1) is 0 Å². The van der Waals surface area contributed by atoms with Crippen molar-refractivity contribution in [2.24, 2.45) is 0 Å². The zero-order valence-corrected chi connectivity index (χ0v) is 6.91. The Morgan fingerprint density at radius 3 is 2.00 bits per heavy atom. The summed E-state index contributed by atoms with van der Waals surface area (Å²) in [4.78, 5) is 0.0625. The highest BCUT2D eigenvalue weighted by atomic mass is 79.9. The van der Waals surface area contributed by atoms with Crippen LogP contribution in [0.1, 0.15) is 26.7 Å². The monoisotopic (exact) mass is 182 g/mol. The summed E-state index contributed by atoms with van der Waals surface area (Å²) in [5.41, 5.74) is 0. The highest BCUT2D eigenvalue weighted by Gasteiger charge is 2.12. The van der Waals surface area contributed by atoms with Gasteiger partial charge in [0.15, 0.2) is 0 Å². The topological polar surface area (TPSA) is 0 Å². The first-order valence-corrected chi connectivity index (χ1v) is 3.92. The van der Waals surface area contributed by atoms with Gasteiger partial charge in [-0.15, -0.1) is 0 Å². The van der Waals surface area contributed by atoms with Crippen molar-refractivity contribution in [3.05, 3.63) is 0 Å². The van der Waals surface area contributed by atoms with Gasteiger partial charge in [-0.1, -0.05) is 29.8 Å². The van der Waals surface area contributed by atoms with Crippen LogP contribution in [-0.4, -0.2) is 11.0 Å². The first kappa shape index (κ1) is 8.41. The molecule has 0 fully saturated rings. The van der Waals surface area contributed by atoms with Gasteiger partial charge in [-0.3, -0.25) is 0 Å². The molecule has 0 aliphatic carbocycles. The van der Waals surface area contributed by atoms with Crippen molar-refractivity contribution in [3.8, 4) is 0 Å². The Labute approximate surface area is 58.6 Å². The predicted molar refractivity (Wildman–Crippen MR) is 38.2 cm³/mol. The highest BCUT2D eigenvalue weighted by Crippen LogP contribution is 2.15. The molecule has 0 radical (unpaired) electrons. The van der Waals surface area contributed by atoms with E-state index in [1.807, 2.05) is 13.8 Å². The lowest BCUT2D eigenvalue weighted by Gasteiger charge is -2.08. The van der Waals surface area contributed by atoms with Crippen molar-refractivity contribution in [3.63, 3.8) is 0 Å². The summed E-state index contributed by atoms with van der Waals surface area (Å²) in [6.07, 6.45) is 0.818. The van der Waals surface area contributed by atoms with Gasteiger partial charge >= 0.3 is 0 Å². The van der Waals surface area contributed by atoms with E-state index in [4.69, 9.17) is 0 Å². The molecule has 0 unspecified atom stereocenters. The summed E-state index contributed by atoms with van der Waals surface area (Å²) < 4.78 is 12.5. The molecule has 0 rings (SSSR count). The largest absolute Gasteiger partial charge is 0.246 e. The van der Waals surface area contributed by atoms with E-state index in [-0.39, 0.29) is 4.83 Å². The molecule has 2 atom stereocenters. The first-order chi connectivity index (χ1) is 3.72. The molecule has 0 amide bonds. The second kappa shape index (κ2) is 4.30. The first-order valence-electron chi connectivity index (χ1n) is 3.00. The maximum absolute atomic E-state index is 12.5. The zero-order chi connectivity index (χ0) is 6.57. The minimum Gasteiger partial charge on any atom is -0.246 e. The van der Waals surface area contributed by atoms with Crippen molar-refractivity contribution in [1.29, 1.82) is 0 Å².